The largest absolute Gasteiger partial charge is 0.481 e. The third kappa shape index (κ3) is 5.33. The first-order valence-corrected chi connectivity index (χ1v) is 5.88. The molecule has 2 amide bonds. The van der Waals surface area contributed by atoms with Crippen molar-refractivity contribution >= 4 is 17.8 Å². The minimum absolute atomic E-state index is 0.0235. The molecule has 1 aliphatic heterocycles. The van der Waals surface area contributed by atoms with Gasteiger partial charge in [0.25, 0.3) is 0 Å². The van der Waals surface area contributed by atoms with Crippen LogP contribution in [-0.2, 0) is 14.4 Å². The monoisotopic (exact) mass is 242 g/mol. The second-order valence-corrected chi connectivity index (χ2v) is 4.15. The van der Waals surface area contributed by atoms with Crippen LogP contribution in [0.1, 0.15) is 38.5 Å². The zero-order chi connectivity index (χ0) is 12.7. The third-order valence-electron chi connectivity index (χ3n) is 2.66. The van der Waals surface area contributed by atoms with Gasteiger partial charge in [0.05, 0.1) is 0 Å². The summed E-state index contributed by atoms with van der Waals surface area (Å²) in [5.41, 5.74) is 0. The van der Waals surface area contributed by atoms with Crippen molar-refractivity contribution in [3.63, 3.8) is 0 Å². The van der Waals surface area contributed by atoms with Crippen LogP contribution in [0.25, 0.3) is 0 Å². The van der Waals surface area contributed by atoms with Crippen molar-refractivity contribution in [1.29, 1.82) is 0 Å². The lowest BCUT2D eigenvalue weighted by atomic mass is 10.1. The van der Waals surface area contributed by atoms with Crippen LogP contribution in [-0.4, -0.2) is 35.5 Å². The van der Waals surface area contributed by atoms with E-state index in [-0.39, 0.29) is 24.7 Å². The topological polar surface area (TPSA) is 95.5 Å². The minimum atomic E-state index is -0.912. The Bertz CT molecular complexity index is 304. The van der Waals surface area contributed by atoms with Gasteiger partial charge in [-0.3, -0.25) is 14.4 Å². The highest BCUT2D eigenvalue weighted by Crippen LogP contribution is 2.06. The van der Waals surface area contributed by atoms with E-state index in [2.05, 4.69) is 10.6 Å². The second kappa shape index (κ2) is 6.88. The Morgan fingerprint density at radius 1 is 1.35 bits per heavy atom. The molecule has 1 rings (SSSR count). The van der Waals surface area contributed by atoms with E-state index < -0.39 is 12.0 Å². The van der Waals surface area contributed by atoms with E-state index in [0.29, 0.717) is 19.4 Å². The lowest BCUT2D eigenvalue weighted by Gasteiger charge is -2.14. The summed E-state index contributed by atoms with van der Waals surface area (Å²) in [6.45, 7) is 0.657. The van der Waals surface area contributed by atoms with Gasteiger partial charge in [-0.25, -0.2) is 0 Å². The molecule has 0 bridgehead atoms. The van der Waals surface area contributed by atoms with Crippen molar-refractivity contribution in [3.8, 4) is 0 Å². The summed E-state index contributed by atoms with van der Waals surface area (Å²) >= 11 is 0. The lowest BCUT2D eigenvalue weighted by molar-refractivity contribution is -0.137. The van der Waals surface area contributed by atoms with Crippen LogP contribution in [0.4, 0.5) is 0 Å². The lowest BCUT2D eigenvalue weighted by Crippen LogP contribution is -2.45. The molecular weight excluding hydrogens is 224 g/mol. The number of carbonyl (C=O) groups excluding carboxylic acids is 2. The first kappa shape index (κ1) is 13.5. The Morgan fingerprint density at radius 2 is 2.12 bits per heavy atom. The fourth-order valence-corrected chi connectivity index (χ4v) is 1.74. The smallest absolute Gasteiger partial charge is 0.303 e. The molecule has 0 aromatic rings. The van der Waals surface area contributed by atoms with Gasteiger partial charge in [0, 0.05) is 19.4 Å². The van der Waals surface area contributed by atoms with Crippen LogP contribution in [0.3, 0.4) is 0 Å². The van der Waals surface area contributed by atoms with E-state index in [1.165, 1.54) is 0 Å². The standard InChI is InChI=1S/C11H18N2O4/c14-9(5-3-6-10(15)16)13-8-4-1-2-7-12-11(8)17/h8H,1-7H2,(H,12,17)(H,13,14)(H,15,16). The highest BCUT2D eigenvalue weighted by molar-refractivity contribution is 5.87. The molecule has 1 atom stereocenters. The molecule has 0 aromatic heterocycles. The van der Waals surface area contributed by atoms with E-state index in [0.717, 1.165) is 12.8 Å². The number of rotatable bonds is 5. The summed E-state index contributed by atoms with van der Waals surface area (Å²) in [5, 5.41) is 13.8. The Hall–Kier alpha value is -1.59. The Labute approximate surface area is 99.8 Å². The Balaban J connectivity index is 2.28. The number of hydrogen-bond donors (Lipinski definition) is 3. The first-order chi connectivity index (χ1) is 8.09. The molecule has 1 aliphatic rings. The number of carboxylic acid groups (broad SMARTS) is 1. The van der Waals surface area contributed by atoms with Crippen LogP contribution < -0.4 is 10.6 Å². The molecule has 17 heavy (non-hydrogen) atoms. The maximum absolute atomic E-state index is 11.5. The third-order valence-corrected chi connectivity index (χ3v) is 2.66. The van der Waals surface area contributed by atoms with E-state index in [4.69, 9.17) is 5.11 Å². The summed E-state index contributed by atoms with van der Waals surface area (Å²) in [4.78, 5) is 33.3. The number of amides is 2. The fraction of sp³-hybridized carbons (Fsp3) is 0.727. The summed E-state index contributed by atoms with van der Waals surface area (Å²) in [5.74, 6) is -1.31. The van der Waals surface area contributed by atoms with E-state index >= 15 is 0 Å². The van der Waals surface area contributed by atoms with Crippen LogP contribution in [0.15, 0.2) is 0 Å². The van der Waals surface area contributed by atoms with E-state index in [1.54, 1.807) is 0 Å². The maximum atomic E-state index is 11.5. The zero-order valence-corrected chi connectivity index (χ0v) is 9.70. The number of carbonyl (C=O) groups is 3. The van der Waals surface area contributed by atoms with Crippen LogP contribution in [0.5, 0.6) is 0 Å². The molecular formula is C11H18N2O4. The summed E-state index contributed by atoms with van der Waals surface area (Å²) in [6.07, 6.45) is 2.91. The first-order valence-electron chi connectivity index (χ1n) is 5.88. The van der Waals surface area contributed by atoms with E-state index in [1.807, 2.05) is 0 Å². The molecule has 0 saturated carbocycles. The zero-order valence-electron chi connectivity index (χ0n) is 9.70. The minimum Gasteiger partial charge on any atom is -0.481 e. The molecule has 6 nitrogen and oxygen atoms in total. The summed E-state index contributed by atoms with van der Waals surface area (Å²) in [7, 11) is 0. The average Bonchev–Trinajstić information content (AvgIpc) is 2.44. The van der Waals surface area contributed by atoms with Crippen molar-refractivity contribution in [1.82, 2.24) is 10.6 Å². The van der Waals surface area contributed by atoms with Crippen LogP contribution in [0.2, 0.25) is 0 Å². The number of carboxylic acids is 1. The quantitative estimate of drug-likeness (QED) is 0.633. The van der Waals surface area contributed by atoms with Gasteiger partial charge in [-0.15, -0.1) is 0 Å². The van der Waals surface area contributed by atoms with Gasteiger partial charge >= 0.3 is 5.97 Å². The SMILES string of the molecule is O=C(O)CCCC(=O)NC1CCCCNC1=O. The predicted octanol–water partition coefficient (Wildman–Crippen LogP) is 0.0262. The molecule has 1 saturated heterocycles. The molecule has 6 heteroatoms. The molecule has 3 N–H and O–H groups in total. The second-order valence-electron chi connectivity index (χ2n) is 4.15. The van der Waals surface area contributed by atoms with Gasteiger partial charge < -0.3 is 15.7 Å². The van der Waals surface area contributed by atoms with Gasteiger partial charge in [0.1, 0.15) is 6.04 Å². The molecule has 1 unspecified atom stereocenters. The number of hydrogen-bond acceptors (Lipinski definition) is 3. The van der Waals surface area contributed by atoms with Gasteiger partial charge in [-0.2, -0.15) is 0 Å². The van der Waals surface area contributed by atoms with E-state index in [9.17, 15) is 14.4 Å². The highest BCUT2D eigenvalue weighted by atomic mass is 16.4. The number of nitrogens with one attached hydrogen (secondary N) is 2. The molecule has 96 valence electrons. The van der Waals surface area contributed by atoms with Crippen molar-refractivity contribution in [2.75, 3.05) is 6.54 Å². The fourth-order valence-electron chi connectivity index (χ4n) is 1.74. The Morgan fingerprint density at radius 3 is 2.82 bits per heavy atom. The molecule has 1 heterocycles. The number of aliphatic carboxylic acids is 1. The van der Waals surface area contributed by atoms with Crippen molar-refractivity contribution in [3.05, 3.63) is 0 Å². The van der Waals surface area contributed by atoms with Gasteiger partial charge in [0.2, 0.25) is 11.8 Å². The van der Waals surface area contributed by atoms with Gasteiger partial charge in [-0.05, 0) is 25.7 Å². The summed E-state index contributed by atoms with van der Waals surface area (Å²) in [6, 6.07) is -0.463. The average molecular weight is 242 g/mol. The Kier molecular flexibility index (Phi) is 5.45. The summed E-state index contributed by atoms with van der Waals surface area (Å²) < 4.78 is 0. The van der Waals surface area contributed by atoms with Gasteiger partial charge in [-0.1, -0.05) is 0 Å². The molecule has 0 aromatic carbocycles. The van der Waals surface area contributed by atoms with Crippen molar-refractivity contribution in [2.45, 2.75) is 44.6 Å². The van der Waals surface area contributed by atoms with Crippen molar-refractivity contribution in [2.24, 2.45) is 0 Å². The maximum Gasteiger partial charge on any atom is 0.303 e. The highest BCUT2D eigenvalue weighted by Gasteiger charge is 2.21. The molecule has 0 aliphatic carbocycles. The molecule has 1 fully saturated rings. The molecule has 0 spiro atoms. The van der Waals surface area contributed by atoms with Crippen LogP contribution in [0, 0.1) is 0 Å². The normalized spacial score (nSPS) is 20.2. The van der Waals surface area contributed by atoms with Crippen LogP contribution >= 0.6 is 0 Å². The van der Waals surface area contributed by atoms with Crippen molar-refractivity contribution < 1.29 is 19.5 Å². The predicted molar refractivity (Wildman–Crippen MR) is 60.3 cm³/mol. The van der Waals surface area contributed by atoms with Gasteiger partial charge in [0.15, 0.2) is 0 Å². The molecule has 0 radical (unpaired) electrons.